The molecule has 0 amide bonds. The zero-order chi connectivity index (χ0) is 18.4. The molecule has 6 heteroatoms. The summed E-state index contributed by atoms with van der Waals surface area (Å²) in [7, 11) is 1.67. The Kier molecular flexibility index (Phi) is 6.28. The Morgan fingerprint density at radius 2 is 1.81 bits per heavy atom. The number of hydrogen-bond acceptors (Lipinski definition) is 6. The van der Waals surface area contributed by atoms with Crippen molar-refractivity contribution in [1.82, 2.24) is 14.9 Å². The number of nitrogens with zero attached hydrogens (tertiary/aromatic N) is 4. The fourth-order valence-electron chi connectivity index (χ4n) is 3.03. The summed E-state index contributed by atoms with van der Waals surface area (Å²) in [5, 5.41) is 0. The molecule has 0 radical (unpaired) electrons. The predicted octanol–water partition coefficient (Wildman–Crippen LogP) is 2.81. The van der Waals surface area contributed by atoms with Crippen molar-refractivity contribution in [3.05, 3.63) is 42.4 Å². The monoisotopic (exact) mass is 356 g/mol. The molecule has 1 aromatic carbocycles. The normalized spacial score (nSPS) is 15.3. The smallest absolute Gasteiger partial charge is 0.132 e. The molecule has 26 heavy (non-hydrogen) atoms. The number of aromatic nitrogens is 2. The molecule has 0 unspecified atom stereocenters. The molecule has 3 rings (SSSR count). The second kappa shape index (κ2) is 8.85. The number of hydrogen-bond donors (Lipinski definition) is 0. The van der Waals surface area contributed by atoms with Gasteiger partial charge in [-0.25, -0.2) is 9.97 Å². The summed E-state index contributed by atoms with van der Waals surface area (Å²) in [5.41, 5.74) is 1.10. The first-order chi connectivity index (χ1) is 12.7. The van der Waals surface area contributed by atoms with Crippen LogP contribution in [0.2, 0.25) is 0 Å². The van der Waals surface area contributed by atoms with Crippen LogP contribution in [0.15, 0.2) is 36.7 Å². The van der Waals surface area contributed by atoms with Gasteiger partial charge in [0.2, 0.25) is 0 Å². The number of piperazine rings is 1. The molecule has 6 nitrogen and oxygen atoms in total. The quantitative estimate of drug-likeness (QED) is 0.760. The Balaban J connectivity index is 1.44. The molecule has 1 saturated heterocycles. The second-order valence-corrected chi connectivity index (χ2v) is 6.81. The van der Waals surface area contributed by atoms with E-state index in [1.165, 1.54) is 0 Å². The Hall–Kier alpha value is -2.34. The van der Waals surface area contributed by atoms with Crippen LogP contribution in [0.5, 0.6) is 11.5 Å². The summed E-state index contributed by atoms with van der Waals surface area (Å²) in [5.74, 6) is 3.13. The van der Waals surface area contributed by atoms with E-state index in [2.05, 4.69) is 39.7 Å². The molecule has 2 heterocycles. The zero-order valence-electron chi connectivity index (χ0n) is 15.9. The van der Waals surface area contributed by atoms with Crippen LogP contribution in [0, 0.1) is 0 Å². The maximum Gasteiger partial charge on any atom is 0.132 e. The van der Waals surface area contributed by atoms with Crippen molar-refractivity contribution in [1.29, 1.82) is 0 Å². The molecule has 2 aromatic rings. The van der Waals surface area contributed by atoms with Crippen molar-refractivity contribution in [3.63, 3.8) is 0 Å². The lowest BCUT2D eigenvalue weighted by Crippen LogP contribution is -2.47. The third-order valence-electron chi connectivity index (χ3n) is 4.68. The predicted molar refractivity (Wildman–Crippen MR) is 103 cm³/mol. The fraction of sp³-hybridized carbons (Fsp3) is 0.500. The molecule has 1 aromatic heterocycles. The van der Waals surface area contributed by atoms with Crippen LogP contribution in [0.4, 0.5) is 5.82 Å². The van der Waals surface area contributed by atoms with Crippen LogP contribution in [-0.4, -0.2) is 61.3 Å². The van der Waals surface area contributed by atoms with Gasteiger partial charge >= 0.3 is 0 Å². The van der Waals surface area contributed by atoms with Crippen molar-refractivity contribution in [2.45, 2.75) is 19.8 Å². The Morgan fingerprint density at radius 1 is 1.04 bits per heavy atom. The highest BCUT2D eigenvalue weighted by Crippen LogP contribution is 2.20. The second-order valence-electron chi connectivity index (χ2n) is 6.81. The van der Waals surface area contributed by atoms with E-state index < -0.39 is 0 Å². The van der Waals surface area contributed by atoms with E-state index in [0.717, 1.165) is 55.7 Å². The van der Waals surface area contributed by atoms with E-state index in [-0.39, 0.29) is 0 Å². The van der Waals surface area contributed by atoms with Crippen LogP contribution < -0.4 is 14.4 Å². The SMILES string of the molecule is COc1cccc(OCCN2CCN(c3cc(C(C)C)ncn3)CC2)c1. The minimum absolute atomic E-state index is 0.423. The third-order valence-corrected chi connectivity index (χ3v) is 4.68. The molecule has 0 aliphatic carbocycles. The number of anilines is 1. The van der Waals surface area contributed by atoms with Gasteiger partial charge in [-0.05, 0) is 18.1 Å². The summed E-state index contributed by atoms with van der Waals surface area (Å²) in [6, 6.07) is 9.86. The summed E-state index contributed by atoms with van der Waals surface area (Å²) < 4.78 is 11.1. The zero-order valence-corrected chi connectivity index (χ0v) is 15.9. The minimum Gasteiger partial charge on any atom is -0.497 e. The van der Waals surface area contributed by atoms with E-state index in [1.807, 2.05) is 24.3 Å². The highest BCUT2D eigenvalue weighted by Gasteiger charge is 2.18. The highest BCUT2D eigenvalue weighted by atomic mass is 16.5. The number of methoxy groups -OCH3 is 1. The van der Waals surface area contributed by atoms with Gasteiger partial charge in [-0.3, -0.25) is 4.90 Å². The van der Waals surface area contributed by atoms with Gasteiger partial charge in [0.25, 0.3) is 0 Å². The number of rotatable bonds is 7. The maximum atomic E-state index is 5.85. The molecule has 1 aliphatic heterocycles. The van der Waals surface area contributed by atoms with Crippen molar-refractivity contribution in [3.8, 4) is 11.5 Å². The van der Waals surface area contributed by atoms with Crippen LogP contribution in [0.25, 0.3) is 0 Å². The van der Waals surface area contributed by atoms with Crippen molar-refractivity contribution >= 4 is 5.82 Å². The Labute approximate surface area is 155 Å². The maximum absolute atomic E-state index is 5.85. The van der Waals surface area contributed by atoms with Crippen molar-refractivity contribution in [2.24, 2.45) is 0 Å². The fourth-order valence-corrected chi connectivity index (χ4v) is 3.03. The molecule has 1 fully saturated rings. The van der Waals surface area contributed by atoms with E-state index in [9.17, 15) is 0 Å². The molecular weight excluding hydrogens is 328 g/mol. The van der Waals surface area contributed by atoms with Crippen molar-refractivity contribution < 1.29 is 9.47 Å². The molecule has 0 saturated carbocycles. The average molecular weight is 356 g/mol. The average Bonchev–Trinajstić information content (AvgIpc) is 2.69. The number of benzene rings is 1. The molecule has 140 valence electrons. The molecule has 0 atom stereocenters. The van der Waals surface area contributed by atoms with E-state index in [4.69, 9.17) is 9.47 Å². The summed E-state index contributed by atoms with van der Waals surface area (Å²) in [6.07, 6.45) is 1.68. The highest BCUT2D eigenvalue weighted by molar-refractivity contribution is 5.40. The van der Waals surface area contributed by atoms with Crippen molar-refractivity contribution in [2.75, 3.05) is 51.3 Å². The van der Waals surface area contributed by atoms with Crippen LogP contribution in [0.1, 0.15) is 25.5 Å². The van der Waals surface area contributed by atoms with Gasteiger partial charge in [-0.1, -0.05) is 19.9 Å². The number of ether oxygens (including phenoxy) is 2. The lowest BCUT2D eigenvalue weighted by molar-refractivity contribution is 0.200. The topological polar surface area (TPSA) is 50.7 Å². The lowest BCUT2D eigenvalue weighted by atomic mass is 10.1. The molecule has 0 N–H and O–H groups in total. The van der Waals surface area contributed by atoms with Gasteiger partial charge in [0.05, 0.1) is 7.11 Å². The van der Waals surface area contributed by atoms with Gasteiger partial charge in [0.1, 0.15) is 30.3 Å². The van der Waals surface area contributed by atoms with Crippen LogP contribution >= 0.6 is 0 Å². The summed E-state index contributed by atoms with van der Waals surface area (Å²) in [6.45, 7) is 9.91. The van der Waals surface area contributed by atoms with E-state index >= 15 is 0 Å². The Morgan fingerprint density at radius 3 is 2.54 bits per heavy atom. The van der Waals surface area contributed by atoms with Crippen LogP contribution in [0.3, 0.4) is 0 Å². The van der Waals surface area contributed by atoms with Gasteiger partial charge in [-0.2, -0.15) is 0 Å². The molecular formula is C20H28N4O2. The summed E-state index contributed by atoms with van der Waals surface area (Å²) >= 11 is 0. The van der Waals surface area contributed by atoms with E-state index in [1.54, 1.807) is 13.4 Å². The first-order valence-electron chi connectivity index (χ1n) is 9.22. The Bertz CT molecular complexity index is 700. The summed E-state index contributed by atoms with van der Waals surface area (Å²) in [4.78, 5) is 13.6. The van der Waals surface area contributed by atoms with Gasteiger partial charge < -0.3 is 14.4 Å². The van der Waals surface area contributed by atoms with Gasteiger partial charge in [0, 0.05) is 50.6 Å². The molecule has 0 bridgehead atoms. The minimum atomic E-state index is 0.423. The van der Waals surface area contributed by atoms with Gasteiger partial charge in [-0.15, -0.1) is 0 Å². The first-order valence-corrected chi connectivity index (χ1v) is 9.22. The van der Waals surface area contributed by atoms with Gasteiger partial charge in [0.15, 0.2) is 0 Å². The third kappa shape index (κ3) is 4.85. The van der Waals surface area contributed by atoms with Crippen LogP contribution in [-0.2, 0) is 0 Å². The standard InChI is InChI=1S/C20H28N4O2/c1-16(2)19-14-20(22-15-21-19)24-9-7-23(8-10-24)11-12-26-18-6-4-5-17(13-18)25-3/h4-6,13-16H,7-12H2,1-3H3. The van der Waals surface area contributed by atoms with E-state index in [0.29, 0.717) is 12.5 Å². The first kappa shape index (κ1) is 18.5. The largest absolute Gasteiger partial charge is 0.497 e. The molecule has 0 spiro atoms. The molecule has 1 aliphatic rings. The lowest BCUT2D eigenvalue weighted by Gasteiger charge is -2.35.